The molecular formula is C13H17NS. The molecule has 1 N–H and O–H groups in total. The molecule has 0 radical (unpaired) electrons. The van der Waals surface area contributed by atoms with E-state index in [9.17, 15) is 0 Å². The largest absolute Gasteiger partial charge is 0.309 e. The van der Waals surface area contributed by atoms with Crippen LogP contribution in [0.5, 0.6) is 0 Å². The van der Waals surface area contributed by atoms with E-state index in [1.165, 1.54) is 30.6 Å². The lowest BCUT2D eigenvalue weighted by Gasteiger charge is -2.39. The quantitative estimate of drug-likeness (QED) is 0.778. The van der Waals surface area contributed by atoms with Crippen molar-refractivity contribution in [3.63, 3.8) is 0 Å². The van der Waals surface area contributed by atoms with Crippen molar-refractivity contribution in [2.75, 3.05) is 7.05 Å². The molecule has 2 heteroatoms. The number of nitrogens with one attached hydrogen (secondary N) is 1. The first-order valence-corrected chi connectivity index (χ1v) is 6.70. The number of fused-ring (bicyclic) bond motifs is 3. The lowest BCUT2D eigenvalue weighted by molar-refractivity contribution is 0.265. The Labute approximate surface area is 95.6 Å². The van der Waals surface area contributed by atoms with E-state index in [0.717, 1.165) is 5.25 Å². The summed E-state index contributed by atoms with van der Waals surface area (Å²) in [6.07, 6.45) is 5.43. The van der Waals surface area contributed by atoms with Crippen molar-refractivity contribution in [3.8, 4) is 0 Å². The van der Waals surface area contributed by atoms with Gasteiger partial charge in [0.1, 0.15) is 0 Å². The molecule has 0 bridgehead atoms. The summed E-state index contributed by atoms with van der Waals surface area (Å²) in [5, 5.41) is 4.37. The molecule has 1 aromatic rings. The molecule has 0 amide bonds. The van der Waals surface area contributed by atoms with Crippen LogP contribution >= 0.6 is 11.8 Å². The van der Waals surface area contributed by atoms with E-state index in [4.69, 9.17) is 0 Å². The number of hydrogen-bond donors (Lipinski definition) is 1. The molecule has 1 nitrogen and oxygen atoms in total. The smallest absolute Gasteiger partial charge is 0.0567 e. The maximum Gasteiger partial charge on any atom is 0.0567 e. The van der Waals surface area contributed by atoms with Crippen LogP contribution in [0.25, 0.3) is 0 Å². The van der Waals surface area contributed by atoms with Crippen molar-refractivity contribution < 1.29 is 0 Å². The van der Waals surface area contributed by atoms with E-state index >= 15 is 0 Å². The van der Waals surface area contributed by atoms with Gasteiger partial charge in [-0.2, -0.15) is 0 Å². The molecule has 1 aliphatic heterocycles. The Morgan fingerprint density at radius 2 is 2.20 bits per heavy atom. The van der Waals surface area contributed by atoms with Gasteiger partial charge >= 0.3 is 0 Å². The Hall–Kier alpha value is -0.470. The monoisotopic (exact) mass is 219 g/mol. The summed E-state index contributed by atoms with van der Waals surface area (Å²) in [6.45, 7) is 0. The fraction of sp³-hybridized carbons (Fsp3) is 0.538. The maximum absolute atomic E-state index is 3.61. The van der Waals surface area contributed by atoms with Crippen LogP contribution in [0.15, 0.2) is 29.2 Å². The van der Waals surface area contributed by atoms with Gasteiger partial charge in [0.05, 0.1) is 5.54 Å². The van der Waals surface area contributed by atoms with Crippen LogP contribution in [0.1, 0.15) is 31.2 Å². The molecule has 1 fully saturated rings. The Morgan fingerprint density at radius 1 is 1.33 bits per heavy atom. The maximum atomic E-state index is 3.61. The Balaban J connectivity index is 2.11. The summed E-state index contributed by atoms with van der Waals surface area (Å²) >= 11 is 2.08. The zero-order chi connectivity index (χ0) is 10.3. The van der Waals surface area contributed by atoms with Crippen LogP contribution in [0, 0.1) is 0 Å². The average Bonchev–Trinajstić information content (AvgIpc) is 2.64. The zero-order valence-corrected chi connectivity index (χ0v) is 9.94. The van der Waals surface area contributed by atoms with Gasteiger partial charge < -0.3 is 5.32 Å². The fourth-order valence-electron chi connectivity index (χ4n) is 3.12. The third-order valence-corrected chi connectivity index (χ3v) is 5.45. The summed E-state index contributed by atoms with van der Waals surface area (Å²) < 4.78 is 0. The highest BCUT2D eigenvalue weighted by Crippen LogP contribution is 2.54. The molecule has 1 saturated carbocycles. The lowest BCUT2D eigenvalue weighted by atomic mass is 9.76. The molecule has 80 valence electrons. The molecule has 1 heterocycles. The molecule has 0 aromatic heterocycles. The van der Waals surface area contributed by atoms with Gasteiger partial charge in [-0.05, 0) is 31.5 Å². The van der Waals surface area contributed by atoms with E-state index in [1.807, 2.05) is 0 Å². The van der Waals surface area contributed by atoms with Crippen molar-refractivity contribution in [1.82, 2.24) is 5.32 Å². The molecule has 1 aliphatic carbocycles. The molecule has 15 heavy (non-hydrogen) atoms. The highest BCUT2D eigenvalue weighted by Gasteiger charge is 2.47. The predicted molar refractivity (Wildman–Crippen MR) is 65.3 cm³/mol. The number of benzene rings is 1. The molecule has 2 atom stereocenters. The van der Waals surface area contributed by atoms with Crippen LogP contribution in [-0.2, 0) is 5.54 Å². The number of hydrogen-bond acceptors (Lipinski definition) is 2. The van der Waals surface area contributed by atoms with E-state index in [0.29, 0.717) is 0 Å². The lowest BCUT2D eigenvalue weighted by Crippen LogP contribution is -2.47. The van der Waals surface area contributed by atoms with Crippen LogP contribution in [0.3, 0.4) is 0 Å². The van der Waals surface area contributed by atoms with E-state index < -0.39 is 0 Å². The predicted octanol–water partition coefficient (Wildman–Crippen LogP) is 3.15. The van der Waals surface area contributed by atoms with Gasteiger partial charge in [-0.25, -0.2) is 0 Å². The second-order valence-corrected chi connectivity index (χ2v) is 5.81. The molecule has 2 aliphatic rings. The Morgan fingerprint density at radius 3 is 3.07 bits per heavy atom. The van der Waals surface area contributed by atoms with Gasteiger partial charge in [-0.3, -0.25) is 0 Å². The van der Waals surface area contributed by atoms with Gasteiger partial charge in [0.2, 0.25) is 0 Å². The topological polar surface area (TPSA) is 12.0 Å². The first-order valence-electron chi connectivity index (χ1n) is 5.82. The normalized spacial score (nSPS) is 33.5. The van der Waals surface area contributed by atoms with Crippen LogP contribution in [0.4, 0.5) is 0 Å². The van der Waals surface area contributed by atoms with Crippen LogP contribution < -0.4 is 5.32 Å². The Kier molecular flexibility index (Phi) is 2.29. The molecule has 1 aromatic carbocycles. The molecule has 0 saturated heterocycles. The summed E-state index contributed by atoms with van der Waals surface area (Å²) in [5.74, 6) is 0. The van der Waals surface area contributed by atoms with Crippen LogP contribution in [-0.4, -0.2) is 12.3 Å². The van der Waals surface area contributed by atoms with Crippen molar-refractivity contribution in [2.24, 2.45) is 0 Å². The van der Waals surface area contributed by atoms with Crippen molar-refractivity contribution >= 4 is 11.8 Å². The number of thioether (sulfide) groups is 1. The third kappa shape index (κ3) is 1.28. The minimum Gasteiger partial charge on any atom is -0.309 e. The Bertz CT molecular complexity index is 377. The number of rotatable bonds is 1. The second kappa shape index (κ2) is 3.53. The standard InChI is InChI=1S/C13H17NS/c1-14-13-9-5-4-8-12(13)15-11-7-3-2-6-10(11)13/h2-3,6-7,12,14H,4-5,8-9H2,1H3/t12-,13+/m1/s1. The van der Waals surface area contributed by atoms with Gasteiger partial charge in [0.25, 0.3) is 0 Å². The summed E-state index contributed by atoms with van der Waals surface area (Å²) in [7, 11) is 2.13. The SMILES string of the molecule is CN[C@]12CCCC[C@H]1Sc1ccccc12. The van der Waals surface area contributed by atoms with Gasteiger partial charge in [-0.1, -0.05) is 31.0 Å². The first kappa shape index (κ1) is 9.73. The summed E-state index contributed by atoms with van der Waals surface area (Å²) in [4.78, 5) is 1.50. The molecule has 0 spiro atoms. The highest BCUT2D eigenvalue weighted by molar-refractivity contribution is 8.00. The van der Waals surface area contributed by atoms with E-state index in [1.54, 1.807) is 5.56 Å². The minimum absolute atomic E-state index is 0.277. The molecule has 0 unspecified atom stereocenters. The summed E-state index contributed by atoms with van der Waals surface area (Å²) in [5.41, 5.74) is 1.82. The third-order valence-electron chi connectivity index (χ3n) is 3.92. The first-order chi connectivity index (χ1) is 7.37. The molecular weight excluding hydrogens is 202 g/mol. The van der Waals surface area contributed by atoms with Crippen molar-refractivity contribution in [1.29, 1.82) is 0 Å². The molecule has 3 rings (SSSR count). The van der Waals surface area contributed by atoms with Gasteiger partial charge in [0, 0.05) is 10.1 Å². The van der Waals surface area contributed by atoms with Gasteiger partial charge in [0.15, 0.2) is 0 Å². The fourth-order valence-corrected chi connectivity index (χ4v) is 4.81. The second-order valence-electron chi connectivity index (χ2n) is 4.57. The highest BCUT2D eigenvalue weighted by atomic mass is 32.2. The minimum atomic E-state index is 0.277. The van der Waals surface area contributed by atoms with Gasteiger partial charge in [-0.15, -0.1) is 11.8 Å². The zero-order valence-electron chi connectivity index (χ0n) is 9.12. The summed E-state index contributed by atoms with van der Waals surface area (Å²) in [6, 6.07) is 8.92. The average molecular weight is 219 g/mol. The van der Waals surface area contributed by atoms with E-state index in [2.05, 4.69) is 48.4 Å². The van der Waals surface area contributed by atoms with E-state index in [-0.39, 0.29) is 5.54 Å². The van der Waals surface area contributed by atoms with Crippen molar-refractivity contribution in [3.05, 3.63) is 29.8 Å². The van der Waals surface area contributed by atoms with Crippen molar-refractivity contribution in [2.45, 2.75) is 41.4 Å². The van der Waals surface area contributed by atoms with Crippen LogP contribution in [0.2, 0.25) is 0 Å².